The molecule has 0 unspecified atom stereocenters. The number of esters is 1. The normalized spacial score (nSPS) is 13.9. The summed E-state index contributed by atoms with van der Waals surface area (Å²) < 4.78 is 22.8. The molecule has 0 aromatic heterocycles. The molecule has 0 spiro atoms. The number of hydrogen-bond acceptors (Lipinski definition) is 6. The Balaban J connectivity index is 1.74. The minimum Gasteiger partial charge on any atom is -0.466 e. The van der Waals surface area contributed by atoms with Crippen LogP contribution in [0, 0.1) is 0 Å². The van der Waals surface area contributed by atoms with Gasteiger partial charge < -0.3 is 24.1 Å². The average molecular weight is 477 g/mol. The van der Waals surface area contributed by atoms with E-state index < -0.39 is 24.3 Å². The molecule has 0 bridgehead atoms. The van der Waals surface area contributed by atoms with Crippen LogP contribution < -0.4 is 0 Å². The lowest BCUT2D eigenvalue weighted by Crippen LogP contribution is -2.42. The van der Waals surface area contributed by atoms with Crippen LogP contribution >= 0.6 is 0 Å². The molecule has 3 aromatic rings. The highest BCUT2D eigenvalue weighted by Gasteiger charge is 2.29. The molecular formula is C29H32O6. The molecule has 0 fully saturated rings. The lowest BCUT2D eigenvalue weighted by Gasteiger charge is -2.29. The minimum absolute atomic E-state index is 0.0333. The van der Waals surface area contributed by atoms with E-state index in [0.717, 1.165) is 16.7 Å². The summed E-state index contributed by atoms with van der Waals surface area (Å²) in [5, 5.41) is 11.1. The van der Waals surface area contributed by atoms with E-state index >= 15 is 0 Å². The van der Waals surface area contributed by atoms with E-state index in [4.69, 9.17) is 18.9 Å². The average Bonchev–Trinajstić information content (AvgIpc) is 2.91. The van der Waals surface area contributed by atoms with Crippen LogP contribution in [0.1, 0.15) is 16.7 Å². The molecule has 6 heteroatoms. The van der Waals surface area contributed by atoms with Crippen LogP contribution in [0.3, 0.4) is 0 Å². The zero-order chi connectivity index (χ0) is 24.7. The second-order valence-electron chi connectivity index (χ2n) is 7.97. The van der Waals surface area contributed by atoms with Crippen LogP contribution in [-0.4, -0.2) is 43.1 Å². The van der Waals surface area contributed by atoms with Crippen LogP contribution in [-0.2, 0) is 43.6 Å². The summed E-state index contributed by atoms with van der Waals surface area (Å²) in [6.07, 6.45) is 0.311. The third-order valence-corrected chi connectivity index (χ3v) is 5.30. The predicted molar refractivity (Wildman–Crippen MR) is 133 cm³/mol. The molecule has 0 aliphatic rings. The Kier molecular flexibility index (Phi) is 11.2. The Morgan fingerprint density at radius 3 is 1.77 bits per heavy atom. The number of aliphatic hydroxyl groups is 1. The van der Waals surface area contributed by atoms with Gasteiger partial charge in [0, 0.05) is 6.08 Å². The van der Waals surface area contributed by atoms with Gasteiger partial charge in [-0.25, -0.2) is 4.79 Å². The molecular weight excluding hydrogens is 444 g/mol. The van der Waals surface area contributed by atoms with Crippen molar-refractivity contribution in [3.05, 3.63) is 120 Å². The van der Waals surface area contributed by atoms with Crippen molar-refractivity contribution < 1.29 is 28.8 Å². The van der Waals surface area contributed by atoms with Gasteiger partial charge in [0.15, 0.2) is 0 Å². The van der Waals surface area contributed by atoms with E-state index in [-0.39, 0.29) is 19.8 Å². The number of methoxy groups -OCH3 is 1. The number of ether oxygens (including phenoxy) is 4. The van der Waals surface area contributed by atoms with Gasteiger partial charge in [0.2, 0.25) is 0 Å². The van der Waals surface area contributed by atoms with Crippen molar-refractivity contribution in [1.82, 2.24) is 0 Å². The third-order valence-electron chi connectivity index (χ3n) is 5.30. The van der Waals surface area contributed by atoms with Gasteiger partial charge >= 0.3 is 5.97 Å². The maximum Gasteiger partial charge on any atom is 0.330 e. The Morgan fingerprint density at radius 2 is 1.26 bits per heavy atom. The molecule has 0 saturated carbocycles. The van der Waals surface area contributed by atoms with Crippen molar-refractivity contribution in [2.24, 2.45) is 0 Å². The fraction of sp³-hybridized carbons (Fsp3) is 0.276. The molecule has 3 atom stereocenters. The first kappa shape index (κ1) is 26.3. The first-order valence-electron chi connectivity index (χ1n) is 11.5. The number of benzene rings is 3. The van der Waals surface area contributed by atoms with Crippen LogP contribution in [0.25, 0.3) is 0 Å². The number of carbonyl (C=O) groups excluding carboxylic acids is 1. The third kappa shape index (κ3) is 9.47. The highest BCUT2D eigenvalue weighted by Crippen LogP contribution is 2.17. The zero-order valence-electron chi connectivity index (χ0n) is 19.9. The highest BCUT2D eigenvalue weighted by atomic mass is 16.6. The van der Waals surface area contributed by atoms with E-state index in [0.29, 0.717) is 6.61 Å². The summed E-state index contributed by atoms with van der Waals surface area (Å²) in [5.41, 5.74) is 2.91. The maximum atomic E-state index is 11.8. The lowest BCUT2D eigenvalue weighted by molar-refractivity contribution is -0.137. The molecule has 3 rings (SSSR count). The van der Waals surface area contributed by atoms with Crippen molar-refractivity contribution in [2.75, 3.05) is 13.7 Å². The summed E-state index contributed by atoms with van der Waals surface area (Å²) in [4.78, 5) is 11.8. The van der Waals surface area contributed by atoms with Crippen molar-refractivity contribution >= 4 is 5.97 Å². The van der Waals surface area contributed by atoms with E-state index in [2.05, 4.69) is 0 Å². The molecule has 1 N–H and O–H groups in total. The summed E-state index contributed by atoms with van der Waals surface area (Å²) in [7, 11) is 1.31. The monoisotopic (exact) mass is 476 g/mol. The van der Waals surface area contributed by atoms with E-state index in [1.165, 1.54) is 13.2 Å². The summed E-state index contributed by atoms with van der Waals surface area (Å²) in [6.45, 7) is 0.931. The van der Waals surface area contributed by atoms with Gasteiger partial charge in [0.1, 0.15) is 18.3 Å². The van der Waals surface area contributed by atoms with Crippen LogP contribution in [0.5, 0.6) is 0 Å². The summed E-state index contributed by atoms with van der Waals surface area (Å²) in [6, 6.07) is 29.1. The van der Waals surface area contributed by atoms with Gasteiger partial charge in [0.25, 0.3) is 0 Å². The van der Waals surface area contributed by atoms with Gasteiger partial charge in [-0.2, -0.15) is 0 Å². The topological polar surface area (TPSA) is 74.2 Å². The summed E-state index contributed by atoms with van der Waals surface area (Å²) in [5.74, 6) is -0.519. The fourth-order valence-corrected chi connectivity index (χ4v) is 3.43. The second-order valence-corrected chi connectivity index (χ2v) is 7.97. The number of hydrogen-bond donors (Lipinski definition) is 1. The molecule has 0 aliphatic heterocycles. The van der Waals surface area contributed by atoms with Crippen LogP contribution in [0.2, 0.25) is 0 Å². The quantitative estimate of drug-likeness (QED) is 0.274. The van der Waals surface area contributed by atoms with E-state index in [1.807, 2.05) is 91.0 Å². The molecule has 0 saturated heterocycles. The first-order chi connectivity index (χ1) is 17.2. The smallest absolute Gasteiger partial charge is 0.330 e. The molecule has 0 amide bonds. The number of carbonyl (C=O) groups is 1. The van der Waals surface area contributed by atoms with E-state index in [1.54, 1.807) is 6.08 Å². The first-order valence-corrected chi connectivity index (χ1v) is 11.5. The number of aliphatic hydroxyl groups excluding tert-OH is 1. The van der Waals surface area contributed by atoms with Crippen LogP contribution in [0.15, 0.2) is 103 Å². The lowest BCUT2D eigenvalue weighted by atomic mass is 10.1. The molecule has 6 nitrogen and oxygen atoms in total. The van der Waals surface area contributed by atoms with Gasteiger partial charge in [0.05, 0.1) is 33.5 Å². The van der Waals surface area contributed by atoms with Crippen molar-refractivity contribution in [3.8, 4) is 0 Å². The van der Waals surface area contributed by atoms with Gasteiger partial charge in [-0.3, -0.25) is 0 Å². The Hall–Kier alpha value is -3.29. The standard InChI is InChI=1S/C29H32O6/c1-32-28(31)18-17-27(34-20-24-13-7-3-8-14-24)29(35-21-25-15-9-4-10-16-25)26(30)22-33-19-23-11-5-2-6-12-23/h2-18,26-27,29-30H,19-22H2,1H3/b18-17+/t26-,27-,29-/m1/s1. The predicted octanol–water partition coefficient (Wildman–Crippen LogP) is 4.46. The maximum absolute atomic E-state index is 11.8. The van der Waals surface area contributed by atoms with Gasteiger partial charge in [-0.05, 0) is 22.8 Å². The summed E-state index contributed by atoms with van der Waals surface area (Å²) >= 11 is 0. The van der Waals surface area contributed by atoms with Crippen LogP contribution in [0.4, 0.5) is 0 Å². The fourth-order valence-electron chi connectivity index (χ4n) is 3.43. The minimum atomic E-state index is -1.01. The van der Waals surface area contributed by atoms with Gasteiger partial charge in [-0.15, -0.1) is 0 Å². The van der Waals surface area contributed by atoms with Gasteiger partial charge in [-0.1, -0.05) is 91.0 Å². The largest absolute Gasteiger partial charge is 0.466 e. The Labute approximate surface area is 206 Å². The van der Waals surface area contributed by atoms with Crippen molar-refractivity contribution in [3.63, 3.8) is 0 Å². The van der Waals surface area contributed by atoms with Crippen molar-refractivity contribution in [2.45, 2.75) is 38.1 Å². The molecule has 3 aromatic carbocycles. The molecule has 35 heavy (non-hydrogen) atoms. The van der Waals surface area contributed by atoms with E-state index in [9.17, 15) is 9.90 Å². The second kappa shape index (κ2) is 14.9. The Bertz CT molecular complexity index is 1010. The zero-order valence-corrected chi connectivity index (χ0v) is 19.9. The molecule has 0 heterocycles. The molecule has 0 aliphatic carbocycles. The molecule has 184 valence electrons. The van der Waals surface area contributed by atoms with Crippen molar-refractivity contribution in [1.29, 1.82) is 0 Å². The SMILES string of the molecule is COC(=O)/C=C/[C@@H](OCc1ccccc1)[C@H](OCc1ccccc1)[C@H](O)COCc1ccccc1. The Morgan fingerprint density at radius 1 is 0.771 bits per heavy atom. The highest BCUT2D eigenvalue weighted by molar-refractivity contribution is 5.81. The molecule has 0 radical (unpaired) electrons. The number of rotatable bonds is 14.